The predicted molar refractivity (Wildman–Crippen MR) is 166 cm³/mol. The molecular formula is C33H42N4O5. The number of para-hydroxylation sites is 1. The van der Waals surface area contributed by atoms with Crippen molar-refractivity contribution in [3.63, 3.8) is 0 Å². The zero-order chi connectivity index (χ0) is 28.6. The molecule has 42 heavy (non-hydrogen) atoms. The average Bonchev–Trinajstić information content (AvgIpc) is 3.01. The second-order valence-electron chi connectivity index (χ2n) is 10.8. The number of nitro benzene ring substituents is 1. The largest absolute Gasteiger partial charge is 0.490 e. The van der Waals surface area contributed by atoms with Gasteiger partial charge in [0, 0.05) is 49.9 Å². The molecule has 0 atom stereocenters. The number of ether oxygens (including phenoxy) is 2. The molecule has 0 unspecified atom stereocenters. The molecule has 0 radical (unpaired) electrons. The first-order valence-corrected chi connectivity index (χ1v) is 14.4. The minimum atomic E-state index is -0.448. The Morgan fingerprint density at radius 1 is 0.929 bits per heavy atom. The van der Waals surface area contributed by atoms with Crippen molar-refractivity contribution in [1.82, 2.24) is 9.80 Å². The molecule has 1 N–H and O–H groups in total. The van der Waals surface area contributed by atoms with Crippen LogP contribution in [0.15, 0.2) is 72.8 Å². The van der Waals surface area contributed by atoms with Crippen molar-refractivity contribution < 1.29 is 19.2 Å². The highest BCUT2D eigenvalue weighted by Gasteiger charge is 2.25. The summed E-state index contributed by atoms with van der Waals surface area (Å²) < 4.78 is 11.1. The Kier molecular flexibility index (Phi) is 10.8. The van der Waals surface area contributed by atoms with E-state index in [0.29, 0.717) is 25.4 Å². The zero-order valence-corrected chi connectivity index (χ0v) is 23.5. The van der Waals surface area contributed by atoms with E-state index in [1.54, 1.807) is 12.1 Å². The number of nitro groups is 1. The summed E-state index contributed by atoms with van der Waals surface area (Å²) in [6, 6.07) is 23.3. The first-order valence-electron chi connectivity index (χ1n) is 14.4. The third kappa shape index (κ3) is 8.00. The SMILES string of the molecule is C.COc1cc(NC2CCN(C(=O)CCN3CCC(c4ccc(Oc5ccccc5)cc4)CC3)CC2)ccc1[N+](=O)[O-]. The summed E-state index contributed by atoms with van der Waals surface area (Å²) in [5.41, 5.74) is 2.09. The molecule has 2 aliphatic rings. The fourth-order valence-electron chi connectivity index (χ4n) is 5.76. The highest BCUT2D eigenvalue weighted by Crippen LogP contribution is 2.32. The van der Waals surface area contributed by atoms with Crippen LogP contribution in [0.5, 0.6) is 17.2 Å². The molecule has 0 aromatic heterocycles. The second-order valence-corrected chi connectivity index (χ2v) is 10.8. The Morgan fingerprint density at radius 3 is 2.24 bits per heavy atom. The lowest BCUT2D eigenvalue weighted by atomic mass is 9.89. The number of carbonyl (C=O) groups is 1. The summed E-state index contributed by atoms with van der Waals surface area (Å²) in [4.78, 5) is 28.0. The van der Waals surface area contributed by atoms with Crippen LogP contribution in [0.1, 0.15) is 51.0 Å². The van der Waals surface area contributed by atoms with Gasteiger partial charge in [-0.1, -0.05) is 37.8 Å². The van der Waals surface area contributed by atoms with Gasteiger partial charge in [0.05, 0.1) is 12.0 Å². The Morgan fingerprint density at radius 2 is 1.60 bits per heavy atom. The lowest BCUT2D eigenvalue weighted by Crippen LogP contribution is -2.43. The standard InChI is InChI=1S/C32H38N4O5.CH4/c1-40-31-23-27(9-12-30(31)36(38)39)33-26-15-21-35(22-16-26)32(37)17-20-34-18-13-25(14-19-34)24-7-10-29(11-8-24)41-28-5-3-2-4-6-28;/h2-12,23,25-26,33H,13-22H2,1H3;1H4. The van der Waals surface area contributed by atoms with E-state index in [-0.39, 0.29) is 30.8 Å². The van der Waals surface area contributed by atoms with Gasteiger partial charge in [0.2, 0.25) is 5.91 Å². The van der Waals surface area contributed by atoms with Crippen molar-refractivity contribution in [2.24, 2.45) is 0 Å². The lowest BCUT2D eigenvalue weighted by Gasteiger charge is -2.35. The van der Waals surface area contributed by atoms with Crippen molar-refractivity contribution in [2.75, 3.05) is 45.2 Å². The first kappa shape index (κ1) is 30.8. The highest BCUT2D eigenvalue weighted by atomic mass is 16.6. The monoisotopic (exact) mass is 574 g/mol. The summed E-state index contributed by atoms with van der Waals surface area (Å²) in [7, 11) is 1.43. The van der Waals surface area contributed by atoms with Crippen LogP contribution in [0.3, 0.4) is 0 Å². The topological polar surface area (TPSA) is 97.2 Å². The van der Waals surface area contributed by atoms with E-state index in [9.17, 15) is 14.9 Å². The van der Waals surface area contributed by atoms with Gasteiger partial charge in [-0.15, -0.1) is 0 Å². The quantitative estimate of drug-likeness (QED) is 0.212. The maximum absolute atomic E-state index is 12.9. The number of carbonyl (C=O) groups excluding carboxylic acids is 1. The Hall–Kier alpha value is -4.11. The van der Waals surface area contributed by atoms with Gasteiger partial charge in [-0.05, 0) is 80.6 Å². The molecule has 2 aliphatic heterocycles. The van der Waals surface area contributed by atoms with Crippen molar-refractivity contribution in [3.8, 4) is 17.2 Å². The Bertz CT molecular complexity index is 1300. The molecule has 0 spiro atoms. The number of piperidine rings is 2. The van der Waals surface area contributed by atoms with Crippen LogP contribution in [0.2, 0.25) is 0 Å². The number of hydrogen-bond acceptors (Lipinski definition) is 7. The molecule has 5 rings (SSSR count). The average molecular weight is 575 g/mol. The van der Waals surface area contributed by atoms with Crippen LogP contribution in [-0.2, 0) is 4.79 Å². The van der Waals surface area contributed by atoms with E-state index in [2.05, 4.69) is 34.5 Å². The molecule has 1 amide bonds. The van der Waals surface area contributed by atoms with Gasteiger partial charge in [-0.2, -0.15) is 0 Å². The van der Waals surface area contributed by atoms with E-state index in [4.69, 9.17) is 9.47 Å². The maximum Gasteiger partial charge on any atom is 0.311 e. The fraction of sp³-hybridized carbons (Fsp3) is 0.424. The third-order valence-corrected chi connectivity index (χ3v) is 8.15. The number of methoxy groups -OCH3 is 1. The van der Waals surface area contributed by atoms with Crippen molar-refractivity contribution >= 4 is 17.3 Å². The van der Waals surface area contributed by atoms with E-state index >= 15 is 0 Å². The molecule has 0 bridgehead atoms. The molecule has 0 aliphatic carbocycles. The molecule has 3 aromatic carbocycles. The lowest BCUT2D eigenvalue weighted by molar-refractivity contribution is -0.385. The summed E-state index contributed by atoms with van der Waals surface area (Å²) in [5, 5.41) is 14.6. The van der Waals surface area contributed by atoms with Gasteiger partial charge in [-0.3, -0.25) is 14.9 Å². The van der Waals surface area contributed by atoms with E-state index < -0.39 is 4.92 Å². The minimum Gasteiger partial charge on any atom is -0.490 e. The van der Waals surface area contributed by atoms with Crippen molar-refractivity contribution in [3.05, 3.63) is 88.5 Å². The van der Waals surface area contributed by atoms with Crippen LogP contribution in [0.4, 0.5) is 11.4 Å². The Balaban J connectivity index is 0.00000405. The summed E-state index contributed by atoms with van der Waals surface area (Å²) in [6.07, 6.45) is 4.42. The van der Waals surface area contributed by atoms with Gasteiger partial charge in [0.15, 0.2) is 5.75 Å². The molecule has 2 fully saturated rings. The molecule has 2 saturated heterocycles. The predicted octanol–water partition coefficient (Wildman–Crippen LogP) is 6.70. The molecule has 224 valence electrons. The second kappa shape index (κ2) is 14.7. The zero-order valence-electron chi connectivity index (χ0n) is 23.5. The molecule has 9 nitrogen and oxygen atoms in total. The number of nitrogens with zero attached hydrogens (tertiary/aromatic N) is 3. The third-order valence-electron chi connectivity index (χ3n) is 8.15. The van der Waals surface area contributed by atoms with Crippen LogP contribution in [0, 0.1) is 10.1 Å². The summed E-state index contributed by atoms with van der Waals surface area (Å²) in [5.74, 6) is 2.68. The summed E-state index contributed by atoms with van der Waals surface area (Å²) in [6.45, 7) is 4.24. The fourth-order valence-corrected chi connectivity index (χ4v) is 5.76. The van der Waals surface area contributed by atoms with E-state index in [0.717, 1.165) is 62.5 Å². The molecule has 2 heterocycles. The highest BCUT2D eigenvalue weighted by molar-refractivity contribution is 5.76. The normalized spacial score (nSPS) is 16.4. The van der Waals surface area contributed by atoms with Gasteiger partial charge in [0.1, 0.15) is 11.5 Å². The first-order chi connectivity index (χ1) is 20.0. The van der Waals surface area contributed by atoms with Crippen LogP contribution >= 0.6 is 0 Å². The summed E-state index contributed by atoms with van der Waals surface area (Å²) >= 11 is 0. The smallest absolute Gasteiger partial charge is 0.311 e. The number of benzene rings is 3. The molecule has 0 saturated carbocycles. The minimum absolute atomic E-state index is 0. The number of nitrogens with one attached hydrogen (secondary N) is 1. The van der Waals surface area contributed by atoms with Crippen LogP contribution in [-0.4, -0.2) is 66.5 Å². The number of hydrogen-bond donors (Lipinski definition) is 1. The van der Waals surface area contributed by atoms with E-state index in [1.165, 1.54) is 18.7 Å². The van der Waals surface area contributed by atoms with Gasteiger partial charge >= 0.3 is 5.69 Å². The van der Waals surface area contributed by atoms with E-state index in [1.807, 2.05) is 35.2 Å². The number of anilines is 1. The van der Waals surface area contributed by atoms with Gasteiger partial charge in [0.25, 0.3) is 0 Å². The molecular weight excluding hydrogens is 532 g/mol. The maximum atomic E-state index is 12.9. The molecule has 9 heteroatoms. The number of rotatable bonds is 10. The van der Waals surface area contributed by atoms with Crippen LogP contribution < -0.4 is 14.8 Å². The number of amides is 1. The molecule has 3 aromatic rings. The Labute approximate surface area is 248 Å². The van der Waals surface area contributed by atoms with Gasteiger partial charge in [-0.25, -0.2) is 0 Å². The van der Waals surface area contributed by atoms with Crippen molar-refractivity contribution in [2.45, 2.75) is 51.5 Å². The number of likely N-dealkylation sites (tertiary alicyclic amines) is 2. The van der Waals surface area contributed by atoms with Gasteiger partial charge < -0.3 is 24.6 Å². The van der Waals surface area contributed by atoms with Crippen molar-refractivity contribution in [1.29, 1.82) is 0 Å². The van der Waals surface area contributed by atoms with Crippen LogP contribution in [0.25, 0.3) is 0 Å².